The predicted molar refractivity (Wildman–Crippen MR) is 89.5 cm³/mol. The number of benzene rings is 1. The maximum atomic E-state index is 12.2. The number of ether oxygens (including phenoxy) is 2. The second-order valence-electron chi connectivity index (χ2n) is 5.87. The summed E-state index contributed by atoms with van der Waals surface area (Å²) in [4.78, 5) is 36.3. The summed E-state index contributed by atoms with van der Waals surface area (Å²) < 4.78 is 10.6. The van der Waals surface area contributed by atoms with E-state index in [0.29, 0.717) is 13.1 Å². The molecule has 1 saturated heterocycles. The summed E-state index contributed by atoms with van der Waals surface area (Å²) in [5.74, 6) is -1.11. The normalized spacial score (nSPS) is 20.0. The molecule has 0 unspecified atom stereocenters. The van der Waals surface area contributed by atoms with E-state index in [0.717, 1.165) is 6.07 Å². The van der Waals surface area contributed by atoms with Gasteiger partial charge in [0.05, 0.1) is 22.7 Å². The first kappa shape index (κ1) is 18.7. The third kappa shape index (κ3) is 4.66. The minimum Gasteiger partial charge on any atom is -0.452 e. The number of rotatable bonds is 5. The van der Waals surface area contributed by atoms with E-state index in [9.17, 15) is 19.7 Å². The van der Waals surface area contributed by atoms with Crippen LogP contribution in [0.2, 0.25) is 0 Å². The molecule has 0 spiro atoms. The smallest absolute Gasteiger partial charge is 0.338 e. The number of esters is 1. The molecule has 1 amide bonds. The van der Waals surface area contributed by atoms with Crippen molar-refractivity contribution in [2.24, 2.45) is 0 Å². The van der Waals surface area contributed by atoms with Gasteiger partial charge >= 0.3 is 5.97 Å². The SMILES string of the molecule is CNc1ccc(C(=O)OCC(=O)N2C[C@H](C)O[C@@H](C)C2)cc1[N+](=O)[O-]. The Morgan fingerprint density at radius 2 is 2.00 bits per heavy atom. The molecule has 1 N–H and O–H groups in total. The number of amides is 1. The Morgan fingerprint density at radius 3 is 2.56 bits per heavy atom. The predicted octanol–water partition coefficient (Wildman–Crippen LogP) is 1.43. The summed E-state index contributed by atoms with van der Waals surface area (Å²) in [6.07, 6.45) is -0.166. The van der Waals surface area contributed by atoms with Crippen molar-refractivity contribution in [2.75, 3.05) is 32.1 Å². The summed E-state index contributed by atoms with van der Waals surface area (Å²) in [6.45, 7) is 4.18. The summed E-state index contributed by atoms with van der Waals surface area (Å²) >= 11 is 0. The van der Waals surface area contributed by atoms with Gasteiger partial charge < -0.3 is 19.7 Å². The largest absolute Gasteiger partial charge is 0.452 e. The Hall–Kier alpha value is -2.68. The van der Waals surface area contributed by atoms with Crippen LogP contribution in [0.5, 0.6) is 0 Å². The lowest BCUT2D eigenvalue weighted by molar-refractivity contribution is -0.384. The van der Waals surface area contributed by atoms with E-state index in [1.807, 2.05) is 13.8 Å². The van der Waals surface area contributed by atoms with Gasteiger partial charge in [-0.15, -0.1) is 0 Å². The Bertz CT molecular complexity index is 668. The third-order valence-electron chi connectivity index (χ3n) is 3.80. The van der Waals surface area contributed by atoms with Crippen molar-refractivity contribution in [2.45, 2.75) is 26.1 Å². The number of nitro benzene ring substituents is 1. The fourth-order valence-electron chi connectivity index (χ4n) is 2.70. The van der Waals surface area contributed by atoms with Crippen molar-refractivity contribution in [3.8, 4) is 0 Å². The summed E-state index contributed by atoms with van der Waals surface area (Å²) in [5.41, 5.74) is 0.0650. The van der Waals surface area contributed by atoms with Gasteiger partial charge in [0.2, 0.25) is 0 Å². The molecule has 9 heteroatoms. The number of hydrogen-bond donors (Lipinski definition) is 1. The first-order chi connectivity index (χ1) is 11.8. The molecule has 25 heavy (non-hydrogen) atoms. The average molecular weight is 351 g/mol. The minimum absolute atomic E-state index is 0.0159. The van der Waals surface area contributed by atoms with Gasteiger partial charge in [0.25, 0.3) is 11.6 Å². The Kier molecular flexibility index (Phi) is 5.92. The fourth-order valence-corrected chi connectivity index (χ4v) is 2.70. The molecule has 136 valence electrons. The van der Waals surface area contributed by atoms with Crippen molar-refractivity contribution in [3.05, 3.63) is 33.9 Å². The van der Waals surface area contributed by atoms with Crippen LogP contribution in [-0.2, 0) is 14.3 Å². The van der Waals surface area contributed by atoms with E-state index >= 15 is 0 Å². The van der Waals surface area contributed by atoms with Gasteiger partial charge in [-0.25, -0.2) is 4.79 Å². The topological polar surface area (TPSA) is 111 Å². The number of carbonyl (C=O) groups excluding carboxylic acids is 2. The summed E-state index contributed by atoms with van der Waals surface area (Å²) in [7, 11) is 1.54. The molecule has 1 aromatic rings. The first-order valence-corrected chi connectivity index (χ1v) is 7.88. The van der Waals surface area contributed by atoms with Crippen LogP contribution in [0.1, 0.15) is 24.2 Å². The van der Waals surface area contributed by atoms with E-state index in [-0.39, 0.29) is 35.1 Å². The van der Waals surface area contributed by atoms with E-state index in [2.05, 4.69) is 5.32 Å². The van der Waals surface area contributed by atoms with Crippen LogP contribution in [0.3, 0.4) is 0 Å². The molecular formula is C16H21N3O6. The number of hydrogen-bond acceptors (Lipinski definition) is 7. The maximum absolute atomic E-state index is 12.2. The van der Waals surface area contributed by atoms with Crippen LogP contribution in [0.25, 0.3) is 0 Å². The molecule has 0 aliphatic carbocycles. The Morgan fingerprint density at radius 1 is 1.36 bits per heavy atom. The maximum Gasteiger partial charge on any atom is 0.338 e. The van der Waals surface area contributed by atoms with Crippen LogP contribution >= 0.6 is 0 Å². The lowest BCUT2D eigenvalue weighted by Gasteiger charge is -2.35. The number of morpholine rings is 1. The van der Waals surface area contributed by atoms with Gasteiger partial charge in [-0.1, -0.05) is 0 Å². The van der Waals surface area contributed by atoms with Crippen LogP contribution < -0.4 is 5.32 Å². The van der Waals surface area contributed by atoms with Gasteiger partial charge in [0.15, 0.2) is 6.61 Å². The quantitative estimate of drug-likeness (QED) is 0.485. The monoisotopic (exact) mass is 351 g/mol. The molecule has 1 aliphatic heterocycles. The van der Waals surface area contributed by atoms with Crippen molar-refractivity contribution in [3.63, 3.8) is 0 Å². The number of nitrogens with one attached hydrogen (secondary N) is 1. The first-order valence-electron chi connectivity index (χ1n) is 7.88. The molecule has 2 rings (SSSR count). The van der Waals surface area contributed by atoms with E-state index < -0.39 is 17.5 Å². The van der Waals surface area contributed by atoms with Gasteiger partial charge in [-0.2, -0.15) is 0 Å². The zero-order chi connectivity index (χ0) is 18.6. The molecule has 1 fully saturated rings. The van der Waals surface area contributed by atoms with Gasteiger partial charge in [0.1, 0.15) is 5.69 Å². The number of nitrogens with zero attached hydrogens (tertiary/aromatic N) is 2. The molecule has 0 aromatic heterocycles. The molecule has 1 heterocycles. The molecule has 1 aromatic carbocycles. The molecule has 0 saturated carbocycles. The van der Waals surface area contributed by atoms with E-state index in [4.69, 9.17) is 9.47 Å². The Labute approximate surface area is 145 Å². The van der Waals surface area contributed by atoms with Gasteiger partial charge in [0, 0.05) is 26.2 Å². The fraction of sp³-hybridized carbons (Fsp3) is 0.500. The highest BCUT2D eigenvalue weighted by Crippen LogP contribution is 2.25. The third-order valence-corrected chi connectivity index (χ3v) is 3.80. The second kappa shape index (κ2) is 7.93. The molecular weight excluding hydrogens is 330 g/mol. The number of anilines is 1. The molecule has 1 aliphatic rings. The second-order valence-corrected chi connectivity index (χ2v) is 5.87. The van der Waals surface area contributed by atoms with Crippen molar-refractivity contribution < 1.29 is 24.0 Å². The van der Waals surface area contributed by atoms with E-state index in [1.165, 1.54) is 12.1 Å². The van der Waals surface area contributed by atoms with Crippen LogP contribution in [-0.4, -0.2) is 60.7 Å². The molecule has 2 atom stereocenters. The molecule has 0 radical (unpaired) electrons. The minimum atomic E-state index is -0.784. The molecule has 0 bridgehead atoms. The lowest BCUT2D eigenvalue weighted by atomic mass is 10.1. The highest BCUT2D eigenvalue weighted by molar-refractivity contribution is 5.93. The summed E-state index contributed by atoms with van der Waals surface area (Å²) in [6, 6.07) is 3.95. The van der Waals surface area contributed by atoms with E-state index in [1.54, 1.807) is 11.9 Å². The van der Waals surface area contributed by atoms with Gasteiger partial charge in [-0.05, 0) is 26.0 Å². The summed E-state index contributed by atoms with van der Waals surface area (Å²) in [5, 5.41) is 13.7. The number of carbonyl (C=O) groups is 2. The highest BCUT2D eigenvalue weighted by atomic mass is 16.6. The average Bonchev–Trinajstić information content (AvgIpc) is 2.57. The van der Waals surface area contributed by atoms with Crippen molar-refractivity contribution in [1.29, 1.82) is 0 Å². The van der Waals surface area contributed by atoms with Crippen molar-refractivity contribution >= 4 is 23.3 Å². The van der Waals surface area contributed by atoms with Crippen LogP contribution in [0.4, 0.5) is 11.4 Å². The Balaban J connectivity index is 1.99. The zero-order valence-corrected chi connectivity index (χ0v) is 14.4. The van der Waals surface area contributed by atoms with Gasteiger partial charge in [-0.3, -0.25) is 14.9 Å². The van der Waals surface area contributed by atoms with Crippen LogP contribution in [0, 0.1) is 10.1 Å². The van der Waals surface area contributed by atoms with Crippen LogP contribution in [0.15, 0.2) is 18.2 Å². The van der Waals surface area contributed by atoms with Crippen molar-refractivity contribution in [1.82, 2.24) is 4.90 Å². The molecule has 9 nitrogen and oxygen atoms in total. The number of nitro groups is 1. The zero-order valence-electron chi connectivity index (χ0n) is 14.4. The standard InChI is InChI=1S/C16H21N3O6/c1-10-7-18(8-11(2)25-10)15(20)9-24-16(21)12-4-5-13(17-3)14(6-12)19(22)23/h4-6,10-11,17H,7-9H2,1-3H3/t10-,11-/m0/s1. The highest BCUT2D eigenvalue weighted by Gasteiger charge is 2.26. The lowest BCUT2D eigenvalue weighted by Crippen LogP contribution is -2.49.